The molecule has 0 aliphatic carbocycles. The number of ether oxygens (including phenoxy) is 2. The first kappa shape index (κ1) is 22.1. The SMILES string of the molecule is COc1ccc2c(c1OC)CCN1C[C@H]3CCCN(C(=O)NCCc4ccccc4)[C@H]3C[C@H]21. The van der Waals surface area contributed by atoms with Crippen LogP contribution in [0.5, 0.6) is 11.5 Å². The normalized spacial score (nSPS) is 24.3. The van der Waals surface area contributed by atoms with Gasteiger partial charge in [0, 0.05) is 43.8 Å². The Morgan fingerprint density at radius 1 is 1.09 bits per heavy atom. The predicted molar refractivity (Wildman–Crippen MR) is 129 cm³/mol. The van der Waals surface area contributed by atoms with Crippen LogP contribution in [0.3, 0.4) is 0 Å². The average molecular weight is 450 g/mol. The second-order valence-electron chi connectivity index (χ2n) is 9.50. The molecule has 33 heavy (non-hydrogen) atoms. The van der Waals surface area contributed by atoms with Crippen LogP contribution in [0.1, 0.15) is 42.0 Å². The highest BCUT2D eigenvalue weighted by Gasteiger charge is 2.44. The van der Waals surface area contributed by atoms with E-state index in [1.807, 2.05) is 24.3 Å². The Labute approximate surface area is 196 Å². The van der Waals surface area contributed by atoms with Gasteiger partial charge in [-0.1, -0.05) is 36.4 Å². The number of benzene rings is 2. The summed E-state index contributed by atoms with van der Waals surface area (Å²) in [5.74, 6) is 2.22. The summed E-state index contributed by atoms with van der Waals surface area (Å²) in [7, 11) is 3.42. The summed E-state index contributed by atoms with van der Waals surface area (Å²) in [4.78, 5) is 18.0. The van der Waals surface area contributed by atoms with E-state index in [9.17, 15) is 4.79 Å². The van der Waals surface area contributed by atoms with E-state index in [4.69, 9.17) is 9.47 Å². The molecule has 0 spiro atoms. The van der Waals surface area contributed by atoms with Gasteiger partial charge in [0.05, 0.1) is 14.2 Å². The summed E-state index contributed by atoms with van der Waals surface area (Å²) in [6, 6.07) is 15.3. The third-order valence-corrected chi connectivity index (χ3v) is 7.78. The molecule has 2 saturated heterocycles. The van der Waals surface area contributed by atoms with Gasteiger partial charge in [0.15, 0.2) is 11.5 Å². The van der Waals surface area contributed by atoms with Crippen molar-refractivity contribution >= 4 is 6.03 Å². The Morgan fingerprint density at radius 2 is 1.94 bits per heavy atom. The Kier molecular flexibility index (Phi) is 6.45. The Hall–Kier alpha value is -2.73. The van der Waals surface area contributed by atoms with Crippen molar-refractivity contribution in [3.63, 3.8) is 0 Å². The predicted octanol–water partition coefficient (Wildman–Crippen LogP) is 4.04. The van der Waals surface area contributed by atoms with E-state index in [1.165, 1.54) is 23.1 Å². The molecule has 5 rings (SSSR count). The summed E-state index contributed by atoms with van der Waals surface area (Å²) in [6.45, 7) is 3.63. The maximum Gasteiger partial charge on any atom is 0.317 e. The lowest BCUT2D eigenvalue weighted by molar-refractivity contribution is 0.00551. The van der Waals surface area contributed by atoms with Gasteiger partial charge in [0.25, 0.3) is 0 Å². The molecule has 3 atom stereocenters. The lowest BCUT2D eigenvalue weighted by atomic mass is 9.76. The van der Waals surface area contributed by atoms with Crippen molar-refractivity contribution in [2.24, 2.45) is 5.92 Å². The van der Waals surface area contributed by atoms with Gasteiger partial charge in [-0.2, -0.15) is 0 Å². The summed E-state index contributed by atoms with van der Waals surface area (Å²) >= 11 is 0. The van der Waals surface area contributed by atoms with Gasteiger partial charge in [0.2, 0.25) is 0 Å². The van der Waals surface area contributed by atoms with Gasteiger partial charge in [-0.05, 0) is 55.2 Å². The molecule has 0 aromatic heterocycles. The molecule has 0 unspecified atom stereocenters. The first-order valence-electron chi connectivity index (χ1n) is 12.3. The third-order valence-electron chi connectivity index (χ3n) is 7.78. The minimum Gasteiger partial charge on any atom is -0.493 e. The van der Waals surface area contributed by atoms with E-state index in [0.29, 0.717) is 18.5 Å². The molecule has 0 bridgehead atoms. The van der Waals surface area contributed by atoms with Gasteiger partial charge < -0.3 is 19.7 Å². The highest BCUT2D eigenvalue weighted by atomic mass is 16.5. The topological polar surface area (TPSA) is 54.0 Å². The maximum atomic E-state index is 13.2. The smallest absolute Gasteiger partial charge is 0.317 e. The Morgan fingerprint density at radius 3 is 2.73 bits per heavy atom. The zero-order chi connectivity index (χ0) is 22.8. The first-order chi connectivity index (χ1) is 16.2. The number of amides is 2. The highest BCUT2D eigenvalue weighted by molar-refractivity contribution is 5.74. The van der Waals surface area contributed by atoms with Gasteiger partial charge in [-0.15, -0.1) is 0 Å². The number of fused-ring (bicyclic) bond motifs is 4. The molecule has 2 aromatic carbocycles. The summed E-state index contributed by atoms with van der Waals surface area (Å²) < 4.78 is 11.3. The fourth-order valence-electron chi connectivity index (χ4n) is 6.19. The second kappa shape index (κ2) is 9.64. The Bertz CT molecular complexity index is 980. The van der Waals surface area contributed by atoms with Gasteiger partial charge in [-0.25, -0.2) is 4.79 Å². The highest BCUT2D eigenvalue weighted by Crippen LogP contribution is 2.46. The minimum absolute atomic E-state index is 0.0948. The number of carbonyl (C=O) groups excluding carboxylic acids is 1. The number of hydrogen-bond donors (Lipinski definition) is 1. The lowest BCUT2D eigenvalue weighted by Crippen LogP contribution is -2.59. The number of carbonyl (C=O) groups is 1. The summed E-state index contributed by atoms with van der Waals surface area (Å²) in [5.41, 5.74) is 3.87. The first-order valence-corrected chi connectivity index (χ1v) is 12.3. The van der Waals surface area contributed by atoms with Crippen LogP contribution >= 0.6 is 0 Å². The van der Waals surface area contributed by atoms with Crippen molar-refractivity contribution in [1.29, 1.82) is 0 Å². The fraction of sp³-hybridized carbons (Fsp3) is 0.519. The van der Waals surface area contributed by atoms with E-state index in [1.54, 1.807) is 14.2 Å². The van der Waals surface area contributed by atoms with Gasteiger partial charge in [0.1, 0.15) is 0 Å². The van der Waals surface area contributed by atoms with Crippen LogP contribution in [0.2, 0.25) is 0 Å². The molecule has 6 heteroatoms. The summed E-state index contributed by atoms with van der Waals surface area (Å²) in [5, 5.41) is 3.20. The van der Waals surface area contributed by atoms with Crippen molar-refractivity contribution in [3.8, 4) is 11.5 Å². The molecule has 3 aliphatic rings. The van der Waals surface area contributed by atoms with Crippen LogP contribution in [-0.2, 0) is 12.8 Å². The number of nitrogens with zero attached hydrogens (tertiary/aromatic N) is 2. The van der Waals surface area contributed by atoms with Crippen LogP contribution in [0, 0.1) is 5.92 Å². The second-order valence-corrected chi connectivity index (χ2v) is 9.50. The zero-order valence-corrected chi connectivity index (χ0v) is 19.8. The molecule has 0 radical (unpaired) electrons. The van der Waals surface area contributed by atoms with E-state index in [2.05, 4.69) is 33.3 Å². The van der Waals surface area contributed by atoms with Crippen LogP contribution < -0.4 is 14.8 Å². The number of rotatable bonds is 5. The quantitative estimate of drug-likeness (QED) is 0.749. The number of hydrogen-bond acceptors (Lipinski definition) is 4. The molecule has 6 nitrogen and oxygen atoms in total. The molecule has 3 heterocycles. The minimum atomic E-state index is 0.0948. The van der Waals surface area contributed by atoms with E-state index in [-0.39, 0.29) is 12.1 Å². The monoisotopic (exact) mass is 449 g/mol. The molecule has 2 amide bonds. The maximum absolute atomic E-state index is 13.2. The Balaban J connectivity index is 1.31. The van der Waals surface area contributed by atoms with Crippen molar-refractivity contribution in [2.45, 2.75) is 44.2 Å². The van der Waals surface area contributed by atoms with E-state index >= 15 is 0 Å². The zero-order valence-electron chi connectivity index (χ0n) is 19.8. The molecule has 2 fully saturated rings. The molecule has 3 aliphatic heterocycles. The number of piperidine rings is 2. The fourth-order valence-corrected chi connectivity index (χ4v) is 6.19. The lowest BCUT2D eigenvalue weighted by Gasteiger charge is -2.52. The van der Waals surface area contributed by atoms with Crippen LogP contribution in [-0.4, -0.2) is 62.3 Å². The number of methoxy groups -OCH3 is 2. The van der Waals surface area contributed by atoms with E-state index < -0.39 is 0 Å². The van der Waals surface area contributed by atoms with Crippen molar-refractivity contribution in [1.82, 2.24) is 15.1 Å². The molecule has 2 aromatic rings. The molecule has 176 valence electrons. The van der Waals surface area contributed by atoms with E-state index in [0.717, 1.165) is 56.8 Å². The van der Waals surface area contributed by atoms with Crippen molar-refractivity contribution in [2.75, 3.05) is 40.4 Å². The standard InChI is InChI=1S/C27H35N3O3/c1-32-25-11-10-21-22(26(25)33-2)13-16-29-18-20-9-6-15-30(23(20)17-24(21)29)27(31)28-14-12-19-7-4-3-5-8-19/h3-5,7-8,10-11,20,23-24H,6,9,12-18H2,1-2H3,(H,28,31)/t20-,23+,24-/m1/s1. The van der Waals surface area contributed by atoms with Crippen molar-refractivity contribution < 1.29 is 14.3 Å². The molecule has 1 N–H and O–H groups in total. The number of nitrogens with one attached hydrogen (secondary N) is 1. The average Bonchev–Trinajstić information content (AvgIpc) is 2.86. The summed E-state index contributed by atoms with van der Waals surface area (Å²) in [6.07, 6.45) is 5.13. The van der Waals surface area contributed by atoms with Crippen LogP contribution in [0.15, 0.2) is 42.5 Å². The van der Waals surface area contributed by atoms with Crippen molar-refractivity contribution in [3.05, 3.63) is 59.2 Å². The molecular weight excluding hydrogens is 414 g/mol. The third kappa shape index (κ3) is 4.29. The number of urea groups is 1. The largest absolute Gasteiger partial charge is 0.493 e. The van der Waals surface area contributed by atoms with Crippen LogP contribution in [0.4, 0.5) is 4.79 Å². The molecule has 0 saturated carbocycles. The van der Waals surface area contributed by atoms with Gasteiger partial charge >= 0.3 is 6.03 Å². The van der Waals surface area contributed by atoms with Crippen LogP contribution in [0.25, 0.3) is 0 Å². The molecular formula is C27H35N3O3. The number of likely N-dealkylation sites (tertiary alicyclic amines) is 1. The van der Waals surface area contributed by atoms with Gasteiger partial charge in [-0.3, -0.25) is 4.90 Å².